The van der Waals surface area contributed by atoms with E-state index in [9.17, 15) is 9.59 Å². The number of nitrogens with zero attached hydrogens (tertiary/aromatic N) is 3. The van der Waals surface area contributed by atoms with Crippen LogP contribution in [0.1, 0.15) is 28.8 Å². The largest absolute Gasteiger partial charge is 0.493 e. The standard InChI is InChI=1S/C27H26N4O4S2/c1-34-20-13-8-9-17(24(20)35-2)15-28-30-22(32)16-36-27-29-25-23(19-12-6-7-14-21(19)37-25)26(33)31(27)18-10-4-3-5-11-18/h3-5,8-11,13,15H,6-7,12,14,16H2,1-2H3,(H,30,32). The Kier molecular flexibility index (Phi) is 7.57. The third kappa shape index (κ3) is 5.12. The van der Waals surface area contributed by atoms with E-state index >= 15 is 0 Å². The molecule has 0 atom stereocenters. The Morgan fingerprint density at radius 1 is 1.14 bits per heavy atom. The lowest BCUT2D eigenvalue weighted by Gasteiger charge is -2.13. The lowest BCUT2D eigenvalue weighted by atomic mass is 9.97. The highest BCUT2D eigenvalue weighted by Gasteiger charge is 2.23. The lowest BCUT2D eigenvalue weighted by molar-refractivity contribution is -0.118. The van der Waals surface area contributed by atoms with Gasteiger partial charge in [0.05, 0.1) is 37.3 Å². The van der Waals surface area contributed by atoms with Crippen LogP contribution < -0.4 is 20.5 Å². The van der Waals surface area contributed by atoms with Crippen LogP contribution >= 0.6 is 23.1 Å². The SMILES string of the molecule is COc1cccc(C=NNC(=O)CSc2nc3sc4c(c3c(=O)n2-c2ccccc2)CCCC4)c1OC. The average molecular weight is 535 g/mol. The Balaban J connectivity index is 1.39. The number of aryl methyl sites for hydroxylation is 2. The van der Waals surface area contributed by atoms with Crippen LogP contribution in [0.5, 0.6) is 11.5 Å². The maximum atomic E-state index is 13.7. The summed E-state index contributed by atoms with van der Waals surface area (Å²) in [7, 11) is 3.11. The second-order valence-electron chi connectivity index (χ2n) is 8.43. The van der Waals surface area contributed by atoms with Gasteiger partial charge in [0.2, 0.25) is 0 Å². The van der Waals surface area contributed by atoms with Crippen LogP contribution in [0.3, 0.4) is 0 Å². The first-order valence-corrected chi connectivity index (χ1v) is 13.7. The molecule has 0 spiro atoms. The molecule has 0 radical (unpaired) electrons. The van der Waals surface area contributed by atoms with Crippen molar-refractivity contribution in [1.82, 2.24) is 15.0 Å². The van der Waals surface area contributed by atoms with E-state index in [-0.39, 0.29) is 17.2 Å². The molecule has 1 N–H and O–H groups in total. The second kappa shape index (κ2) is 11.2. The maximum absolute atomic E-state index is 13.7. The Hall–Kier alpha value is -3.63. The zero-order valence-corrected chi connectivity index (χ0v) is 22.2. The zero-order chi connectivity index (χ0) is 25.8. The van der Waals surface area contributed by atoms with Crippen LogP contribution in [-0.4, -0.2) is 41.6 Å². The van der Waals surface area contributed by atoms with Crippen molar-refractivity contribution in [1.29, 1.82) is 0 Å². The molecule has 0 unspecified atom stereocenters. The Morgan fingerprint density at radius 2 is 1.95 bits per heavy atom. The van der Waals surface area contributed by atoms with Gasteiger partial charge >= 0.3 is 0 Å². The number of fused-ring (bicyclic) bond motifs is 3. The molecule has 1 amide bonds. The van der Waals surface area contributed by atoms with E-state index in [1.165, 1.54) is 22.9 Å². The topological polar surface area (TPSA) is 94.8 Å². The summed E-state index contributed by atoms with van der Waals surface area (Å²) in [6, 6.07) is 14.8. The summed E-state index contributed by atoms with van der Waals surface area (Å²) in [6.07, 6.45) is 5.62. The van der Waals surface area contributed by atoms with Gasteiger partial charge in [-0.05, 0) is 55.5 Å². The van der Waals surface area contributed by atoms with E-state index in [0.717, 1.165) is 41.8 Å². The first kappa shape index (κ1) is 25.0. The van der Waals surface area contributed by atoms with Gasteiger partial charge in [0.15, 0.2) is 16.7 Å². The van der Waals surface area contributed by atoms with Gasteiger partial charge in [0.1, 0.15) is 4.83 Å². The van der Waals surface area contributed by atoms with Crippen molar-refractivity contribution in [3.8, 4) is 17.2 Å². The molecule has 1 aliphatic rings. The fourth-order valence-electron chi connectivity index (χ4n) is 4.44. The molecule has 190 valence electrons. The summed E-state index contributed by atoms with van der Waals surface area (Å²) in [4.78, 5) is 33.2. The molecule has 0 saturated heterocycles. The highest BCUT2D eigenvalue weighted by molar-refractivity contribution is 7.99. The number of carbonyl (C=O) groups excluding carboxylic acids is 1. The minimum Gasteiger partial charge on any atom is -0.493 e. The quantitative estimate of drug-likeness (QED) is 0.154. The van der Waals surface area contributed by atoms with Crippen molar-refractivity contribution in [3.63, 3.8) is 0 Å². The third-order valence-electron chi connectivity index (χ3n) is 6.13. The van der Waals surface area contributed by atoms with E-state index in [2.05, 4.69) is 10.5 Å². The van der Waals surface area contributed by atoms with Crippen molar-refractivity contribution in [2.45, 2.75) is 30.8 Å². The first-order valence-electron chi connectivity index (χ1n) is 11.9. The van der Waals surface area contributed by atoms with Gasteiger partial charge < -0.3 is 9.47 Å². The van der Waals surface area contributed by atoms with Gasteiger partial charge in [0, 0.05) is 10.4 Å². The van der Waals surface area contributed by atoms with E-state index in [4.69, 9.17) is 14.5 Å². The van der Waals surface area contributed by atoms with Crippen molar-refractivity contribution in [3.05, 3.63) is 74.9 Å². The van der Waals surface area contributed by atoms with Crippen LogP contribution in [0, 0.1) is 0 Å². The second-order valence-corrected chi connectivity index (χ2v) is 10.5. The fraction of sp³-hybridized carbons (Fsp3) is 0.259. The normalized spacial score (nSPS) is 13.0. The summed E-state index contributed by atoms with van der Waals surface area (Å²) in [5.41, 5.74) is 5.00. The van der Waals surface area contributed by atoms with E-state index in [1.54, 1.807) is 36.2 Å². The minimum atomic E-state index is -0.317. The van der Waals surface area contributed by atoms with E-state index < -0.39 is 0 Å². The number of nitrogens with one attached hydrogen (secondary N) is 1. The number of thioether (sulfide) groups is 1. The summed E-state index contributed by atoms with van der Waals surface area (Å²) in [5, 5.41) is 5.27. The predicted octanol–water partition coefficient (Wildman–Crippen LogP) is 4.59. The van der Waals surface area contributed by atoms with E-state index in [0.29, 0.717) is 27.6 Å². The van der Waals surface area contributed by atoms with Gasteiger partial charge in [-0.15, -0.1) is 11.3 Å². The van der Waals surface area contributed by atoms with Gasteiger partial charge in [-0.2, -0.15) is 5.10 Å². The molecule has 10 heteroatoms. The molecule has 0 fully saturated rings. The Morgan fingerprint density at radius 3 is 2.73 bits per heavy atom. The molecule has 0 bridgehead atoms. The molecule has 4 aromatic rings. The molecule has 1 aliphatic carbocycles. The number of amides is 1. The van der Waals surface area contributed by atoms with Crippen LogP contribution in [0.15, 0.2) is 63.6 Å². The van der Waals surface area contributed by atoms with Crippen LogP contribution in [0.25, 0.3) is 15.9 Å². The van der Waals surface area contributed by atoms with Crippen molar-refractivity contribution >= 4 is 45.4 Å². The molecule has 2 heterocycles. The molecular formula is C27H26N4O4S2. The number of hydrazone groups is 1. The van der Waals surface area contributed by atoms with Crippen LogP contribution in [0.2, 0.25) is 0 Å². The summed E-state index contributed by atoms with van der Waals surface area (Å²) in [6.45, 7) is 0. The molecule has 2 aromatic heterocycles. The molecule has 0 saturated carbocycles. The zero-order valence-electron chi connectivity index (χ0n) is 20.5. The number of hydrogen-bond acceptors (Lipinski definition) is 8. The number of thiophene rings is 1. The molecule has 2 aromatic carbocycles. The average Bonchev–Trinajstić information content (AvgIpc) is 3.31. The van der Waals surface area contributed by atoms with Gasteiger partial charge in [-0.25, -0.2) is 10.4 Å². The number of hydrogen-bond donors (Lipinski definition) is 1. The number of benzene rings is 2. The molecular weight excluding hydrogens is 508 g/mol. The number of rotatable bonds is 8. The summed E-state index contributed by atoms with van der Waals surface area (Å²) < 4.78 is 12.3. The fourth-order valence-corrected chi connectivity index (χ4v) is 6.55. The predicted molar refractivity (Wildman–Crippen MR) is 148 cm³/mol. The monoisotopic (exact) mass is 534 g/mol. The highest BCUT2D eigenvalue weighted by atomic mass is 32.2. The number of methoxy groups -OCH3 is 2. The molecule has 37 heavy (non-hydrogen) atoms. The van der Waals surface area contributed by atoms with Gasteiger partial charge in [-0.1, -0.05) is 36.0 Å². The molecule has 5 rings (SSSR count). The maximum Gasteiger partial charge on any atom is 0.267 e. The third-order valence-corrected chi connectivity index (χ3v) is 8.26. The van der Waals surface area contributed by atoms with Gasteiger partial charge in [-0.3, -0.25) is 14.2 Å². The molecule has 0 aliphatic heterocycles. The van der Waals surface area contributed by atoms with E-state index in [1.807, 2.05) is 42.5 Å². The molecule has 8 nitrogen and oxygen atoms in total. The van der Waals surface area contributed by atoms with Crippen LogP contribution in [0.4, 0.5) is 0 Å². The number of ether oxygens (including phenoxy) is 2. The highest BCUT2D eigenvalue weighted by Crippen LogP contribution is 2.35. The summed E-state index contributed by atoms with van der Waals surface area (Å²) in [5.74, 6) is 0.828. The van der Waals surface area contributed by atoms with Crippen molar-refractivity contribution in [2.24, 2.45) is 5.10 Å². The number of para-hydroxylation sites is 2. The summed E-state index contributed by atoms with van der Waals surface area (Å²) >= 11 is 2.81. The number of carbonyl (C=O) groups is 1. The van der Waals surface area contributed by atoms with Crippen molar-refractivity contribution in [2.75, 3.05) is 20.0 Å². The van der Waals surface area contributed by atoms with Gasteiger partial charge in [0.25, 0.3) is 11.5 Å². The smallest absolute Gasteiger partial charge is 0.267 e. The van der Waals surface area contributed by atoms with Crippen molar-refractivity contribution < 1.29 is 14.3 Å². The van der Waals surface area contributed by atoms with Crippen LogP contribution in [-0.2, 0) is 17.6 Å². The number of aromatic nitrogens is 2. The Bertz CT molecular complexity index is 1530. The Labute approximate surface area is 222 Å². The lowest BCUT2D eigenvalue weighted by Crippen LogP contribution is -2.24. The first-order chi connectivity index (χ1) is 18.1. The minimum absolute atomic E-state index is 0.0441.